The number of carbonyl (C=O) groups is 1. The number of nitrogens with zero attached hydrogens (tertiary/aromatic N) is 1. The van der Waals surface area contributed by atoms with E-state index in [1.807, 2.05) is 12.1 Å². The molecule has 0 aliphatic carbocycles. The topological polar surface area (TPSA) is 44.4 Å². The number of aryl methyl sites for hydroxylation is 1. The maximum Gasteiger partial charge on any atom is 0.232 e. The molecule has 0 radical (unpaired) electrons. The normalized spacial score (nSPS) is 27.5. The highest BCUT2D eigenvalue weighted by molar-refractivity contribution is 5.85. The van der Waals surface area contributed by atoms with E-state index < -0.39 is 5.41 Å². The van der Waals surface area contributed by atoms with Crippen molar-refractivity contribution in [2.45, 2.75) is 19.4 Å². The Morgan fingerprint density at radius 1 is 1.10 bits per heavy atom. The first kappa shape index (κ1) is 18.8. The molecule has 0 bridgehead atoms. The van der Waals surface area contributed by atoms with E-state index in [0.29, 0.717) is 36.9 Å². The summed E-state index contributed by atoms with van der Waals surface area (Å²) in [5.74, 6) is 0.896. The third kappa shape index (κ3) is 3.08. The molecule has 3 aliphatic heterocycles. The molecule has 3 heterocycles. The number of amides is 1. The highest BCUT2D eigenvalue weighted by Crippen LogP contribution is 2.46. The largest absolute Gasteiger partial charge is 0.334 e. The smallest absolute Gasteiger partial charge is 0.232 e. The number of hydrogen-bond acceptors (Lipinski definition) is 3. The van der Waals surface area contributed by atoms with E-state index in [9.17, 15) is 9.18 Å². The lowest BCUT2D eigenvalue weighted by Gasteiger charge is -2.45. The number of nitrogens with one attached hydrogen (secondary N) is 2. The van der Waals surface area contributed by atoms with Crippen LogP contribution in [0.15, 0.2) is 48.5 Å². The Labute approximate surface area is 171 Å². The van der Waals surface area contributed by atoms with Gasteiger partial charge in [0.2, 0.25) is 5.91 Å². The minimum Gasteiger partial charge on any atom is -0.334 e. The van der Waals surface area contributed by atoms with Crippen LogP contribution in [0.2, 0.25) is 0 Å². The summed E-state index contributed by atoms with van der Waals surface area (Å²) < 4.78 is 14.3. The summed E-state index contributed by atoms with van der Waals surface area (Å²) in [5.41, 5.74) is 2.58. The zero-order chi connectivity index (χ0) is 20.0. The van der Waals surface area contributed by atoms with Gasteiger partial charge in [0.25, 0.3) is 0 Å². The molecule has 152 valence electrons. The fraction of sp³-hybridized carbons (Fsp3) is 0.458. The van der Waals surface area contributed by atoms with Crippen molar-refractivity contribution in [1.82, 2.24) is 15.5 Å². The molecule has 29 heavy (non-hydrogen) atoms. The fourth-order valence-electron chi connectivity index (χ4n) is 5.54. The molecule has 0 spiro atoms. The number of fused-ring (bicyclic) bond motifs is 1. The van der Waals surface area contributed by atoms with Gasteiger partial charge in [-0.25, -0.2) is 4.39 Å². The van der Waals surface area contributed by atoms with E-state index in [1.165, 1.54) is 17.2 Å². The monoisotopic (exact) mass is 393 g/mol. The Hall–Kier alpha value is -2.24. The van der Waals surface area contributed by atoms with Gasteiger partial charge in [0.1, 0.15) is 5.82 Å². The van der Waals surface area contributed by atoms with Gasteiger partial charge >= 0.3 is 0 Å². The van der Waals surface area contributed by atoms with Crippen molar-refractivity contribution in [2.24, 2.45) is 17.3 Å². The van der Waals surface area contributed by atoms with Crippen molar-refractivity contribution >= 4 is 5.91 Å². The molecule has 2 N–H and O–H groups in total. The van der Waals surface area contributed by atoms with Crippen LogP contribution in [-0.2, 0) is 11.2 Å². The van der Waals surface area contributed by atoms with Crippen molar-refractivity contribution in [2.75, 3.05) is 32.7 Å². The van der Waals surface area contributed by atoms with Gasteiger partial charge in [-0.1, -0.05) is 42.5 Å². The average Bonchev–Trinajstić information content (AvgIpc) is 3.27. The Morgan fingerprint density at radius 3 is 2.59 bits per heavy atom. The molecule has 0 aromatic heterocycles. The zero-order valence-electron chi connectivity index (χ0n) is 16.8. The van der Waals surface area contributed by atoms with Gasteiger partial charge in [-0.15, -0.1) is 0 Å². The lowest BCUT2D eigenvalue weighted by atomic mass is 9.74. The van der Waals surface area contributed by atoms with Crippen molar-refractivity contribution in [1.29, 1.82) is 0 Å². The third-order valence-electron chi connectivity index (χ3n) is 7.20. The molecule has 0 unspecified atom stereocenters. The molecule has 0 saturated carbocycles. The standard InChI is InChI=1S/C24H28FN3O/c1-16-6-2-4-8-19(16)22-20-12-26-11-18(20)13-28(22)23(29)24(14-27-15-24)10-17-7-3-5-9-21(17)25/h2-9,18,20,22,26-27H,10-15H2,1H3/t18-,20-,22+/m0/s1. The summed E-state index contributed by atoms with van der Waals surface area (Å²) in [6.45, 7) is 6.07. The van der Waals surface area contributed by atoms with E-state index in [1.54, 1.807) is 6.07 Å². The number of likely N-dealkylation sites (tertiary alicyclic amines) is 1. The zero-order valence-corrected chi connectivity index (χ0v) is 16.8. The highest BCUT2D eigenvalue weighted by atomic mass is 19.1. The fourth-order valence-corrected chi connectivity index (χ4v) is 5.54. The minimum atomic E-state index is -0.546. The molecule has 5 heteroatoms. The van der Waals surface area contributed by atoms with Gasteiger partial charge in [0.15, 0.2) is 0 Å². The summed E-state index contributed by atoms with van der Waals surface area (Å²) in [5, 5.41) is 6.80. The van der Waals surface area contributed by atoms with E-state index in [-0.39, 0.29) is 17.8 Å². The molecule has 4 nitrogen and oxygen atoms in total. The molecule has 2 aromatic rings. The van der Waals surface area contributed by atoms with Crippen LogP contribution in [0.25, 0.3) is 0 Å². The van der Waals surface area contributed by atoms with Crippen molar-refractivity contribution < 1.29 is 9.18 Å². The second-order valence-electron chi connectivity index (χ2n) is 8.99. The van der Waals surface area contributed by atoms with Crippen molar-refractivity contribution in [3.8, 4) is 0 Å². The van der Waals surface area contributed by atoms with E-state index in [2.05, 4.69) is 46.7 Å². The molecule has 2 aromatic carbocycles. The van der Waals surface area contributed by atoms with E-state index in [0.717, 1.165) is 19.6 Å². The molecule has 3 aliphatic rings. The Bertz CT molecular complexity index is 926. The van der Waals surface area contributed by atoms with E-state index >= 15 is 0 Å². The molecule has 5 rings (SSSR count). The van der Waals surface area contributed by atoms with Crippen LogP contribution in [0.1, 0.15) is 22.7 Å². The van der Waals surface area contributed by atoms with Crippen molar-refractivity contribution in [3.63, 3.8) is 0 Å². The van der Waals surface area contributed by atoms with Crippen LogP contribution in [0, 0.1) is 30.0 Å². The summed E-state index contributed by atoms with van der Waals surface area (Å²) >= 11 is 0. The Kier molecular flexibility index (Phi) is 4.67. The van der Waals surface area contributed by atoms with Crippen LogP contribution in [-0.4, -0.2) is 43.5 Å². The lowest BCUT2D eigenvalue weighted by molar-refractivity contribution is -0.147. The average molecular weight is 394 g/mol. The first-order valence-electron chi connectivity index (χ1n) is 10.6. The van der Waals surface area contributed by atoms with Crippen molar-refractivity contribution in [3.05, 3.63) is 71.0 Å². The Morgan fingerprint density at radius 2 is 1.86 bits per heavy atom. The first-order chi connectivity index (χ1) is 14.1. The maximum absolute atomic E-state index is 14.3. The highest BCUT2D eigenvalue weighted by Gasteiger charge is 2.54. The number of carbonyl (C=O) groups excluding carboxylic acids is 1. The van der Waals surface area contributed by atoms with Gasteiger partial charge in [0, 0.05) is 38.6 Å². The van der Waals surface area contributed by atoms with Gasteiger partial charge in [-0.2, -0.15) is 0 Å². The van der Waals surface area contributed by atoms with Crippen LogP contribution in [0.5, 0.6) is 0 Å². The second-order valence-corrected chi connectivity index (χ2v) is 8.99. The summed E-state index contributed by atoms with van der Waals surface area (Å²) in [4.78, 5) is 16.1. The molecular weight excluding hydrogens is 365 g/mol. The first-order valence-corrected chi connectivity index (χ1v) is 10.6. The number of hydrogen-bond donors (Lipinski definition) is 2. The summed E-state index contributed by atoms with van der Waals surface area (Å²) in [6, 6.07) is 15.4. The predicted octanol–water partition coefficient (Wildman–Crippen LogP) is 2.69. The van der Waals surface area contributed by atoms with Crippen LogP contribution in [0.4, 0.5) is 4.39 Å². The molecule has 3 saturated heterocycles. The van der Waals surface area contributed by atoms with Gasteiger partial charge in [-0.3, -0.25) is 4.79 Å². The van der Waals surface area contributed by atoms with Crippen LogP contribution >= 0.6 is 0 Å². The second kappa shape index (κ2) is 7.22. The quantitative estimate of drug-likeness (QED) is 0.840. The molecular formula is C24H28FN3O. The molecule has 3 fully saturated rings. The SMILES string of the molecule is Cc1ccccc1[C@@H]1[C@H]2CNC[C@H]2CN1C(=O)C1(Cc2ccccc2F)CNC1. The third-order valence-corrected chi connectivity index (χ3v) is 7.20. The number of rotatable bonds is 4. The maximum atomic E-state index is 14.3. The molecule has 1 amide bonds. The van der Waals surface area contributed by atoms with Crippen LogP contribution in [0.3, 0.4) is 0 Å². The molecule has 3 atom stereocenters. The van der Waals surface area contributed by atoms with Gasteiger partial charge < -0.3 is 15.5 Å². The Balaban J connectivity index is 1.48. The van der Waals surface area contributed by atoms with Gasteiger partial charge in [-0.05, 0) is 42.0 Å². The predicted molar refractivity (Wildman–Crippen MR) is 111 cm³/mol. The summed E-state index contributed by atoms with van der Waals surface area (Å²) in [7, 11) is 0. The number of halogens is 1. The van der Waals surface area contributed by atoms with Crippen LogP contribution < -0.4 is 10.6 Å². The lowest BCUT2D eigenvalue weighted by Crippen LogP contribution is -2.63. The van der Waals surface area contributed by atoms with E-state index in [4.69, 9.17) is 0 Å². The minimum absolute atomic E-state index is 0.0989. The van der Waals surface area contributed by atoms with Gasteiger partial charge in [0.05, 0.1) is 11.5 Å². The number of benzene rings is 2. The summed E-state index contributed by atoms with van der Waals surface area (Å²) in [6.07, 6.45) is 0.454.